The van der Waals surface area contributed by atoms with Gasteiger partial charge in [0.1, 0.15) is 15.5 Å². The van der Waals surface area contributed by atoms with Crippen molar-refractivity contribution in [3.63, 3.8) is 0 Å². The molecule has 0 bridgehead atoms. The molecule has 0 aliphatic rings. The van der Waals surface area contributed by atoms with Gasteiger partial charge in [0.2, 0.25) is 0 Å². The normalized spacial score (nSPS) is 10.6. The monoisotopic (exact) mass is 315 g/mol. The zero-order chi connectivity index (χ0) is 10.9. The van der Waals surface area contributed by atoms with E-state index in [2.05, 4.69) is 4.98 Å². The van der Waals surface area contributed by atoms with Crippen molar-refractivity contribution in [1.29, 1.82) is 0 Å². The predicted octanol–water partition coefficient (Wildman–Crippen LogP) is 2.11. The second-order valence-corrected chi connectivity index (χ2v) is 3.39. The number of nitro groups is 1. The first-order valence-electron chi connectivity index (χ1n) is 3.31. The molecule has 0 saturated heterocycles. The number of hydrogen-bond acceptors (Lipinski definition) is 4. The van der Waals surface area contributed by atoms with E-state index in [4.69, 9.17) is 5.73 Å². The maximum absolute atomic E-state index is 12.2. The summed E-state index contributed by atoms with van der Waals surface area (Å²) in [6, 6.07) is 0. The summed E-state index contributed by atoms with van der Waals surface area (Å²) < 4.78 is 24.4. The van der Waals surface area contributed by atoms with Crippen molar-refractivity contribution in [2.75, 3.05) is 5.73 Å². The fourth-order valence-electron chi connectivity index (χ4n) is 0.808. The molecule has 0 aromatic carbocycles. The first kappa shape index (κ1) is 11.0. The Morgan fingerprint density at radius 1 is 1.64 bits per heavy atom. The Morgan fingerprint density at radius 2 is 2.21 bits per heavy atom. The Hall–Kier alpha value is -1.06. The highest BCUT2D eigenvalue weighted by Crippen LogP contribution is 2.31. The van der Waals surface area contributed by atoms with Gasteiger partial charge in [-0.1, -0.05) is 0 Å². The van der Waals surface area contributed by atoms with Crippen LogP contribution in [-0.2, 0) is 0 Å². The van der Waals surface area contributed by atoms with Crippen molar-refractivity contribution in [2.45, 2.75) is 6.43 Å². The van der Waals surface area contributed by atoms with Crippen LogP contribution in [0.4, 0.5) is 20.2 Å². The standard InChI is InChI=1S/C6H4F2IN3O2/c7-6(8)5-4(10)3(9)2(1-11-5)12(13)14/h1,6H,10H2. The summed E-state index contributed by atoms with van der Waals surface area (Å²) in [6.45, 7) is 0. The van der Waals surface area contributed by atoms with Crippen LogP contribution in [0.5, 0.6) is 0 Å². The molecule has 1 aromatic heterocycles. The lowest BCUT2D eigenvalue weighted by Crippen LogP contribution is -2.04. The van der Waals surface area contributed by atoms with Gasteiger partial charge in [-0.25, -0.2) is 13.8 Å². The van der Waals surface area contributed by atoms with Crippen LogP contribution in [0.15, 0.2) is 6.20 Å². The molecule has 1 heterocycles. The summed E-state index contributed by atoms with van der Waals surface area (Å²) in [5, 5.41) is 10.4. The van der Waals surface area contributed by atoms with Gasteiger partial charge in [0, 0.05) is 0 Å². The zero-order valence-corrected chi connectivity index (χ0v) is 8.73. The number of alkyl halides is 2. The minimum atomic E-state index is -2.83. The molecule has 5 nitrogen and oxygen atoms in total. The van der Waals surface area contributed by atoms with Gasteiger partial charge in [-0.15, -0.1) is 0 Å². The predicted molar refractivity (Wildman–Crippen MR) is 53.0 cm³/mol. The number of aromatic nitrogens is 1. The van der Waals surface area contributed by atoms with E-state index in [1.165, 1.54) is 22.6 Å². The van der Waals surface area contributed by atoms with Gasteiger partial charge >= 0.3 is 5.69 Å². The highest BCUT2D eigenvalue weighted by molar-refractivity contribution is 14.1. The van der Waals surface area contributed by atoms with E-state index >= 15 is 0 Å². The van der Waals surface area contributed by atoms with Crippen molar-refractivity contribution in [3.8, 4) is 0 Å². The largest absolute Gasteiger partial charge is 0.396 e. The highest BCUT2D eigenvalue weighted by Gasteiger charge is 2.22. The van der Waals surface area contributed by atoms with Crippen LogP contribution < -0.4 is 5.73 Å². The second kappa shape index (κ2) is 3.98. The van der Waals surface area contributed by atoms with Crippen molar-refractivity contribution in [1.82, 2.24) is 4.98 Å². The van der Waals surface area contributed by atoms with Gasteiger partial charge in [0.05, 0.1) is 10.6 Å². The Balaban J connectivity index is 3.33. The molecule has 0 radical (unpaired) electrons. The van der Waals surface area contributed by atoms with E-state index in [1.54, 1.807) is 0 Å². The van der Waals surface area contributed by atoms with Crippen LogP contribution in [0.1, 0.15) is 12.1 Å². The molecule has 0 saturated carbocycles. The fourth-order valence-corrected chi connectivity index (χ4v) is 1.42. The molecule has 1 aromatic rings. The van der Waals surface area contributed by atoms with E-state index < -0.39 is 17.0 Å². The van der Waals surface area contributed by atoms with E-state index in [0.717, 1.165) is 6.20 Å². The average Bonchev–Trinajstić information content (AvgIpc) is 2.08. The van der Waals surface area contributed by atoms with Crippen molar-refractivity contribution >= 4 is 34.0 Å². The molecule has 0 fully saturated rings. The molecule has 14 heavy (non-hydrogen) atoms. The minimum Gasteiger partial charge on any atom is -0.396 e. The molecule has 0 amide bonds. The Bertz CT molecular complexity index is 386. The maximum atomic E-state index is 12.2. The number of nitrogens with two attached hydrogens (primary N) is 1. The van der Waals surface area contributed by atoms with Gasteiger partial charge in [0.15, 0.2) is 0 Å². The van der Waals surface area contributed by atoms with Crippen molar-refractivity contribution < 1.29 is 13.7 Å². The third kappa shape index (κ3) is 1.89. The van der Waals surface area contributed by atoms with E-state index in [1.807, 2.05) is 0 Å². The van der Waals surface area contributed by atoms with Gasteiger partial charge < -0.3 is 5.73 Å². The highest BCUT2D eigenvalue weighted by atomic mass is 127. The van der Waals surface area contributed by atoms with Gasteiger partial charge in [-0.05, 0) is 22.6 Å². The Labute approximate surface area is 90.6 Å². The molecule has 8 heteroatoms. The third-order valence-corrected chi connectivity index (χ3v) is 2.60. The number of anilines is 1. The Kier molecular flexibility index (Phi) is 3.13. The average molecular weight is 315 g/mol. The summed E-state index contributed by atoms with van der Waals surface area (Å²) in [7, 11) is 0. The minimum absolute atomic E-state index is 0.0158. The third-order valence-electron chi connectivity index (χ3n) is 1.47. The molecule has 0 unspecified atom stereocenters. The summed E-state index contributed by atoms with van der Waals surface area (Å²) in [5.41, 5.74) is 3.94. The molecule has 2 N–H and O–H groups in total. The van der Waals surface area contributed by atoms with E-state index in [0.29, 0.717) is 0 Å². The Morgan fingerprint density at radius 3 is 2.64 bits per heavy atom. The number of pyridine rings is 1. The summed E-state index contributed by atoms with van der Waals surface area (Å²) in [5.74, 6) is 0. The summed E-state index contributed by atoms with van der Waals surface area (Å²) in [4.78, 5) is 12.9. The van der Waals surface area contributed by atoms with Crippen LogP contribution in [-0.4, -0.2) is 9.91 Å². The van der Waals surface area contributed by atoms with Crippen molar-refractivity contribution in [2.24, 2.45) is 0 Å². The molecule has 0 aliphatic carbocycles. The lowest BCUT2D eigenvalue weighted by molar-refractivity contribution is -0.386. The number of hydrogen-bond donors (Lipinski definition) is 1. The molecule has 0 aliphatic heterocycles. The molecule has 0 atom stereocenters. The van der Waals surface area contributed by atoms with E-state index in [-0.39, 0.29) is 14.9 Å². The topological polar surface area (TPSA) is 82.0 Å². The second-order valence-electron chi connectivity index (χ2n) is 2.31. The van der Waals surface area contributed by atoms with Crippen LogP contribution in [0.25, 0.3) is 0 Å². The molecule has 1 rings (SSSR count). The summed E-state index contributed by atoms with van der Waals surface area (Å²) >= 11 is 1.54. The van der Waals surface area contributed by atoms with Crippen LogP contribution >= 0.6 is 22.6 Å². The van der Waals surface area contributed by atoms with Gasteiger partial charge in [-0.2, -0.15) is 0 Å². The summed E-state index contributed by atoms with van der Waals surface area (Å²) in [6.07, 6.45) is -2.05. The van der Waals surface area contributed by atoms with Crippen LogP contribution in [0, 0.1) is 13.7 Å². The molecule has 0 spiro atoms. The smallest absolute Gasteiger partial charge is 0.302 e. The number of rotatable bonds is 2. The van der Waals surface area contributed by atoms with Gasteiger partial charge in [0.25, 0.3) is 6.43 Å². The first-order valence-corrected chi connectivity index (χ1v) is 4.39. The number of nitrogens with zero attached hydrogens (tertiary/aromatic N) is 2. The van der Waals surface area contributed by atoms with Crippen molar-refractivity contribution in [3.05, 3.63) is 25.6 Å². The molecular formula is C6H4F2IN3O2. The van der Waals surface area contributed by atoms with Gasteiger partial charge in [-0.3, -0.25) is 10.1 Å². The first-order chi connectivity index (χ1) is 6.45. The van der Waals surface area contributed by atoms with Crippen LogP contribution in [0.3, 0.4) is 0 Å². The lowest BCUT2D eigenvalue weighted by Gasteiger charge is -2.04. The number of halogens is 3. The molecule has 76 valence electrons. The quantitative estimate of drug-likeness (QED) is 0.515. The van der Waals surface area contributed by atoms with E-state index in [9.17, 15) is 18.9 Å². The molecular weight excluding hydrogens is 311 g/mol. The van der Waals surface area contributed by atoms with Crippen LogP contribution in [0.2, 0.25) is 0 Å². The zero-order valence-electron chi connectivity index (χ0n) is 6.58. The maximum Gasteiger partial charge on any atom is 0.302 e. The lowest BCUT2D eigenvalue weighted by atomic mass is 10.3. The number of nitrogen functional groups attached to an aromatic ring is 1. The fraction of sp³-hybridized carbons (Fsp3) is 0.167. The SMILES string of the molecule is Nc1c(C(F)F)ncc([N+](=O)[O-])c1I.